The summed E-state index contributed by atoms with van der Waals surface area (Å²) in [4.78, 5) is 47.2. The van der Waals surface area contributed by atoms with Crippen molar-refractivity contribution >= 4 is 17.8 Å². The van der Waals surface area contributed by atoms with Crippen LogP contribution in [0.25, 0.3) is 0 Å². The summed E-state index contributed by atoms with van der Waals surface area (Å²) in [5.74, 6) is -0.667. The number of amides is 2. The van der Waals surface area contributed by atoms with Crippen molar-refractivity contribution in [3.05, 3.63) is 29.6 Å². The molecule has 206 valence electrons. The molecule has 8 heteroatoms. The highest BCUT2D eigenvalue weighted by molar-refractivity contribution is 5.99. The van der Waals surface area contributed by atoms with Crippen LogP contribution in [0.1, 0.15) is 85.3 Å². The lowest BCUT2D eigenvalue weighted by atomic mass is 9.77. The first-order chi connectivity index (χ1) is 17.4. The quantitative estimate of drug-likeness (QED) is 0.576. The van der Waals surface area contributed by atoms with Crippen LogP contribution >= 0.6 is 0 Å². The number of ketones is 1. The Kier molecular flexibility index (Phi) is 6.70. The minimum absolute atomic E-state index is 0.0260. The Bertz CT molecular complexity index is 1180. The van der Waals surface area contributed by atoms with E-state index in [-0.39, 0.29) is 28.9 Å². The van der Waals surface area contributed by atoms with Crippen molar-refractivity contribution in [1.82, 2.24) is 15.2 Å². The molecule has 1 N–H and O–H groups in total. The first-order valence-electron chi connectivity index (χ1n) is 13.6. The number of fused-ring (bicyclic) bond motifs is 1. The van der Waals surface area contributed by atoms with E-state index in [1.54, 1.807) is 38.1 Å². The molecule has 1 aromatic rings. The van der Waals surface area contributed by atoms with Gasteiger partial charge in [0.2, 0.25) is 5.91 Å². The summed E-state index contributed by atoms with van der Waals surface area (Å²) in [6.45, 7) is 17.7. The third-order valence-electron chi connectivity index (χ3n) is 8.72. The molecule has 4 rings (SSSR count). The number of likely N-dealkylation sites (tertiary alicyclic amines) is 1. The van der Waals surface area contributed by atoms with Crippen LogP contribution in [0.2, 0.25) is 0 Å². The van der Waals surface area contributed by atoms with Gasteiger partial charge in [0.05, 0.1) is 23.4 Å². The lowest BCUT2D eigenvalue weighted by molar-refractivity contribution is -0.145. The van der Waals surface area contributed by atoms with Crippen molar-refractivity contribution in [3.8, 4) is 6.07 Å². The molecule has 2 amide bonds. The van der Waals surface area contributed by atoms with Gasteiger partial charge < -0.3 is 15.0 Å². The molecule has 3 aliphatic rings. The summed E-state index contributed by atoms with van der Waals surface area (Å²) in [5.41, 5.74) is -0.507. The highest BCUT2D eigenvalue weighted by atomic mass is 16.6. The second kappa shape index (κ2) is 9.07. The van der Waals surface area contributed by atoms with Gasteiger partial charge in [0.15, 0.2) is 5.78 Å². The van der Waals surface area contributed by atoms with Gasteiger partial charge in [-0.3, -0.25) is 14.6 Å². The predicted molar refractivity (Wildman–Crippen MR) is 143 cm³/mol. The van der Waals surface area contributed by atoms with Gasteiger partial charge in [-0.2, -0.15) is 5.26 Å². The van der Waals surface area contributed by atoms with E-state index in [1.807, 2.05) is 33.8 Å². The maximum atomic E-state index is 14.4. The van der Waals surface area contributed by atoms with Crippen molar-refractivity contribution in [1.29, 1.82) is 5.26 Å². The first kappa shape index (κ1) is 28.1. The normalized spacial score (nSPS) is 26.4. The molecule has 0 radical (unpaired) electrons. The fourth-order valence-electron chi connectivity index (χ4n) is 6.41. The number of carbonyl (C=O) groups is 3. The number of nitrogens with one attached hydrogen (secondary N) is 1. The van der Waals surface area contributed by atoms with Crippen LogP contribution in [0.15, 0.2) is 18.5 Å². The Balaban J connectivity index is 1.65. The Hall–Kier alpha value is -2.95. The SMILES string of the molecule is Cc1cncc(C(C#N)C2(C(=O)[C@@H]3C4[C@H](CN3C(=O)[C@@H](NC(=O)OC(C)(C)C)C(C)(C)C)C4(C)C)CC2)c1. The largest absolute Gasteiger partial charge is 0.444 e. The van der Waals surface area contributed by atoms with Crippen LogP contribution in [0, 0.1) is 46.3 Å². The molecular weight excluding hydrogens is 480 g/mol. The number of pyridine rings is 1. The summed E-state index contributed by atoms with van der Waals surface area (Å²) in [5, 5.41) is 13.0. The first-order valence-corrected chi connectivity index (χ1v) is 13.6. The van der Waals surface area contributed by atoms with E-state index < -0.39 is 40.5 Å². The van der Waals surface area contributed by atoms with E-state index in [9.17, 15) is 19.6 Å². The second-order valence-electron chi connectivity index (χ2n) is 14.2. The van der Waals surface area contributed by atoms with Gasteiger partial charge in [0.1, 0.15) is 11.6 Å². The van der Waals surface area contributed by atoms with Crippen LogP contribution in [-0.2, 0) is 14.3 Å². The molecule has 0 bridgehead atoms. The molecule has 0 spiro atoms. The Morgan fingerprint density at radius 2 is 1.79 bits per heavy atom. The number of nitriles is 1. The third kappa shape index (κ3) is 4.92. The highest BCUT2D eigenvalue weighted by Gasteiger charge is 2.73. The average molecular weight is 523 g/mol. The topological polar surface area (TPSA) is 112 Å². The van der Waals surface area contributed by atoms with Crippen LogP contribution in [0.5, 0.6) is 0 Å². The third-order valence-corrected chi connectivity index (χ3v) is 8.72. The summed E-state index contributed by atoms with van der Waals surface area (Å²) < 4.78 is 5.45. The van der Waals surface area contributed by atoms with Gasteiger partial charge in [-0.05, 0) is 74.3 Å². The lowest BCUT2D eigenvalue weighted by Gasteiger charge is -2.39. The number of nitrogens with zero attached hydrogens (tertiary/aromatic N) is 3. The van der Waals surface area contributed by atoms with Crippen molar-refractivity contribution in [2.45, 2.75) is 98.8 Å². The number of hydrogen-bond acceptors (Lipinski definition) is 6. The highest BCUT2D eigenvalue weighted by Crippen LogP contribution is 2.68. The van der Waals surface area contributed by atoms with Gasteiger partial charge in [0, 0.05) is 18.9 Å². The van der Waals surface area contributed by atoms with Gasteiger partial charge in [-0.25, -0.2) is 4.79 Å². The summed E-state index contributed by atoms with van der Waals surface area (Å²) >= 11 is 0. The zero-order valence-corrected chi connectivity index (χ0v) is 24.2. The van der Waals surface area contributed by atoms with Crippen LogP contribution in [-0.4, -0.2) is 51.9 Å². The molecule has 2 aliphatic carbocycles. The van der Waals surface area contributed by atoms with Crippen molar-refractivity contribution in [3.63, 3.8) is 0 Å². The van der Waals surface area contributed by atoms with Gasteiger partial charge in [0.25, 0.3) is 0 Å². The Morgan fingerprint density at radius 3 is 2.29 bits per heavy atom. The number of carbonyl (C=O) groups excluding carboxylic acids is 3. The number of aryl methyl sites for hydroxylation is 1. The van der Waals surface area contributed by atoms with Crippen molar-refractivity contribution in [2.24, 2.45) is 28.1 Å². The van der Waals surface area contributed by atoms with Crippen molar-refractivity contribution < 1.29 is 19.1 Å². The molecule has 2 heterocycles. The summed E-state index contributed by atoms with van der Waals surface area (Å²) in [7, 11) is 0. The van der Waals surface area contributed by atoms with E-state index in [0.717, 1.165) is 11.1 Å². The number of rotatable bonds is 6. The number of ether oxygens (including phenoxy) is 1. The van der Waals surface area contributed by atoms with Crippen LogP contribution in [0.4, 0.5) is 4.79 Å². The molecule has 1 aromatic heterocycles. The lowest BCUT2D eigenvalue weighted by Crippen LogP contribution is -2.59. The molecule has 1 aliphatic heterocycles. The molecule has 2 unspecified atom stereocenters. The molecule has 0 aromatic carbocycles. The molecule has 8 nitrogen and oxygen atoms in total. The zero-order chi connectivity index (χ0) is 28.4. The summed E-state index contributed by atoms with van der Waals surface area (Å²) in [6.07, 6.45) is 3.99. The van der Waals surface area contributed by atoms with E-state index >= 15 is 0 Å². The Morgan fingerprint density at radius 1 is 1.16 bits per heavy atom. The molecular formula is C30H42N4O4. The maximum Gasteiger partial charge on any atom is 0.408 e. The fourth-order valence-corrected chi connectivity index (χ4v) is 6.41. The minimum atomic E-state index is -0.865. The van der Waals surface area contributed by atoms with E-state index in [1.165, 1.54) is 0 Å². The smallest absolute Gasteiger partial charge is 0.408 e. The van der Waals surface area contributed by atoms with Gasteiger partial charge in [-0.1, -0.05) is 40.7 Å². The number of aromatic nitrogens is 1. The van der Waals surface area contributed by atoms with Gasteiger partial charge >= 0.3 is 6.09 Å². The standard InChI is InChI=1S/C30H42N4O4/c1-17-12-18(15-32-14-17)19(13-31)30(10-11-30)24(35)22-21-20(29(21,8)9)16-34(22)25(36)23(27(2,3)4)33-26(37)38-28(5,6)7/h12,14-15,19-23H,10-11,16H2,1-9H3,(H,33,37)/t19?,20-,21?,22-,23+/m0/s1. The molecule has 5 atom stereocenters. The van der Waals surface area contributed by atoms with E-state index in [0.29, 0.717) is 19.4 Å². The number of alkyl carbamates (subject to hydrolysis) is 1. The second-order valence-corrected chi connectivity index (χ2v) is 14.2. The average Bonchev–Trinajstić information content (AvgIpc) is 3.61. The van der Waals surface area contributed by atoms with Crippen LogP contribution < -0.4 is 5.32 Å². The Labute approximate surface area is 226 Å². The van der Waals surface area contributed by atoms with E-state index in [4.69, 9.17) is 4.74 Å². The minimum Gasteiger partial charge on any atom is -0.444 e. The monoisotopic (exact) mass is 522 g/mol. The maximum absolute atomic E-state index is 14.4. The number of hydrogen-bond donors (Lipinski definition) is 1. The van der Waals surface area contributed by atoms with E-state index in [2.05, 4.69) is 30.2 Å². The molecule has 38 heavy (non-hydrogen) atoms. The number of piperidine rings is 1. The molecule has 3 fully saturated rings. The summed E-state index contributed by atoms with van der Waals surface area (Å²) in [6, 6.07) is 2.84. The van der Waals surface area contributed by atoms with Crippen molar-refractivity contribution in [2.75, 3.05) is 6.54 Å². The van der Waals surface area contributed by atoms with Gasteiger partial charge in [-0.15, -0.1) is 0 Å². The van der Waals surface area contributed by atoms with Crippen LogP contribution in [0.3, 0.4) is 0 Å². The fraction of sp³-hybridized carbons (Fsp3) is 0.700. The molecule has 2 saturated carbocycles. The zero-order valence-electron chi connectivity index (χ0n) is 24.2. The molecule has 1 saturated heterocycles. The number of Topliss-reactive ketones (excluding diaryl/α,β-unsaturated/α-hetero) is 1. The predicted octanol–water partition coefficient (Wildman–Crippen LogP) is 4.77.